The summed E-state index contributed by atoms with van der Waals surface area (Å²) < 4.78 is 26.0. The van der Waals surface area contributed by atoms with Crippen molar-refractivity contribution >= 4 is 22.4 Å². The zero-order valence-corrected chi connectivity index (χ0v) is 15.5. The van der Waals surface area contributed by atoms with Gasteiger partial charge in [0.05, 0.1) is 15.7 Å². The largest absolute Gasteiger partial charge is 0.249 e. The van der Waals surface area contributed by atoms with Crippen LogP contribution in [0.15, 0.2) is 88.3 Å². The van der Waals surface area contributed by atoms with E-state index >= 15 is 0 Å². The lowest BCUT2D eigenvalue weighted by atomic mass is 10.1. The van der Waals surface area contributed by atoms with Gasteiger partial charge in [-0.1, -0.05) is 48.0 Å². The van der Waals surface area contributed by atoms with Crippen LogP contribution in [-0.2, 0) is 10.8 Å². The minimum Gasteiger partial charge on any atom is -0.249 e. The van der Waals surface area contributed by atoms with E-state index in [9.17, 15) is 8.60 Å². The Morgan fingerprint density at radius 1 is 0.962 bits per heavy atom. The number of benzene rings is 3. The van der Waals surface area contributed by atoms with E-state index in [2.05, 4.69) is 5.73 Å². The molecule has 130 valence electrons. The van der Waals surface area contributed by atoms with Crippen LogP contribution in [0.2, 0.25) is 0 Å². The molecule has 0 amide bonds. The molecule has 0 heterocycles. The normalized spacial score (nSPS) is 11.5. The molecule has 0 fully saturated rings. The van der Waals surface area contributed by atoms with Gasteiger partial charge >= 0.3 is 0 Å². The monoisotopic (exact) mass is 362 g/mol. The maximum absolute atomic E-state index is 13.0. The molecule has 0 aliphatic heterocycles. The average molecular weight is 362 g/mol. The summed E-state index contributed by atoms with van der Waals surface area (Å²) in [6, 6.07) is 21.6. The van der Waals surface area contributed by atoms with Gasteiger partial charge in [0.15, 0.2) is 0 Å². The molecule has 0 spiro atoms. The van der Waals surface area contributed by atoms with Crippen LogP contribution in [-0.4, -0.2) is 4.21 Å². The van der Waals surface area contributed by atoms with Crippen LogP contribution in [0.5, 0.6) is 0 Å². The fourth-order valence-electron chi connectivity index (χ4n) is 2.56. The van der Waals surface area contributed by atoms with E-state index < -0.39 is 10.8 Å². The Bertz CT molecular complexity index is 995. The van der Waals surface area contributed by atoms with E-state index in [1.54, 1.807) is 18.2 Å². The molecule has 3 rings (SSSR count). The SMILES string of the molecule is CC(=C=Cc1ccc(F)cc1)c1ccccc1S(=O)c1ccc(C)cc1. The highest BCUT2D eigenvalue weighted by Crippen LogP contribution is 2.25. The molecule has 0 saturated heterocycles. The summed E-state index contributed by atoms with van der Waals surface area (Å²) in [4.78, 5) is 1.53. The first-order valence-electron chi connectivity index (χ1n) is 8.31. The fourth-order valence-corrected chi connectivity index (χ4v) is 3.82. The molecule has 3 heteroatoms. The molecule has 26 heavy (non-hydrogen) atoms. The number of hydrogen-bond acceptors (Lipinski definition) is 1. The third kappa shape index (κ3) is 4.26. The third-order valence-electron chi connectivity index (χ3n) is 4.05. The number of hydrogen-bond donors (Lipinski definition) is 0. The molecule has 0 bridgehead atoms. The van der Waals surface area contributed by atoms with Gasteiger partial charge in [0.1, 0.15) is 5.82 Å². The van der Waals surface area contributed by atoms with E-state index in [4.69, 9.17) is 0 Å². The Morgan fingerprint density at radius 2 is 1.62 bits per heavy atom. The first-order chi connectivity index (χ1) is 12.5. The van der Waals surface area contributed by atoms with E-state index in [0.717, 1.165) is 32.1 Å². The second-order valence-corrected chi connectivity index (χ2v) is 7.49. The van der Waals surface area contributed by atoms with Crippen LogP contribution >= 0.6 is 0 Å². The van der Waals surface area contributed by atoms with Gasteiger partial charge in [0, 0.05) is 10.5 Å². The standard InChI is InChI=1S/C23H19FOS/c1-17-7-15-21(16-8-17)26(25)23-6-4-3-5-22(23)18(2)9-10-19-11-13-20(24)14-12-19/h3-8,10-16H,1-2H3. The Morgan fingerprint density at radius 3 is 2.31 bits per heavy atom. The van der Waals surface area contributed by atoms with Crippen LogP contribution in [0, 0.1) is 12.7 Å². The fraction of sp³-hybridized carbons (Fsp3) is 0.0870. The number of aryl methyl sites for hydroxylation is 1. The van der Waals surface area contributed by atoms with Gasteiger partial charge in [-0.3, -0.25) is 0 Å². The molecule has 1 unspecified atom stereocenters. The lowest BCUT2D eigenvalue weighted by Gasteiger charge is -2.09. The van der Waals surface area contributed by atoms with Gasteiger partial charge in [-0.15, -0.1) is 5.73 Å². The maximum atomic E-state index is 13.0. The van der Waals surface area contributed by atoms with E-state index in [1.165, 1.54) is 12.1 Å². The molecule has 0 radical (unpaired) electrons. The second kappa shape index (κ2) is 8.09. The molecular weight excluding hydrogens is 343 g/mol. The quantitative estimate of drug-likeness (QED) is 0.519. The van der Waals surface area contributed by atoms with Crippen molar-refractivity contribution in [1.82, 2.24) is 0 Å². The van der Waals surface area contributed by atoms with Crippen molar-refractivity contribution in [1.29, 1.82) is 0 Å². The molecule has 0 aliphatic rings. The molecule has 1 atom stereocenters. The summed E-state index contributed by atoms with van der Waals surface area (Å²) in [7, 11) is -1.26. The van der Waals surface area contributed by atoms with E-state index in [0.29, 0.717) is 0 Å². The molecule has 0 aromatic heterocycles. The summed E-state index contributed by atoms with van der Waals surface area (Å²) in [5, 5.41) is 0. The number of rotatable bonds is 4. The van der Waals surface area contributed by atoms with Crippen molar-refractivity contribution in [2.75, 3.05) is 0 Å². The van der Waals surface area contributed by atoms with Gasteiger partial charge in [-0.05, 0) is 61.4 Å². The Labute approximate surface area is 156 Å². The zero-order chi connectivity index (χ0) is 18.5. The number of allylic oxidation sites excluding steroid dienone is 1. The van der Waals surface area contributed by atoms with E-state index in [-0.39, 0.29) is 5.82 Å². The lowest BCUT2D eigenvalue weighted by Crippen LogP contribution is -1.97. The van der Waals surface area contributed by atoms with Gasteiger partial charge in [-0.2, -0.15) is 0 Å². The Kier molecular flexibility index (Phi) is 5.62. The molecule has 0 aliphatic carbocycles. The van der Waals surface area contributed by atoms with Gasteiger partial charge < -0.3 is 0 Å². The second-order valence-electron chi connectivity index (χ2n) is 6.04. The summed E-state index contributed by atoms with van der Waals surface area (Å²) in [5.41, 5.74) is 7.00. The topological polar surface area (TPSA) is 17.1 Å². The molecule has 0 N–H and O–H groups in total. The Balaban J connectivity index is 1.98. The first-order valence-corrected chi connectivity index (χ1v) is 9.46. The summed E-state index contributed by atoms with van der Waals surface area (Å²) in [5.74, 6) is -0.262. The predicted octanol–water partition coefficient (Wildman–Crippen LogP) is 6.02. The van der Waals surface area contributed by atoms with Crippen LogP contribution in [0.25, 0.3) is 11.6 Å². The molecule has 1 nitrogen and oxygen atoms in total. The number of halogens is 1. The summed E-state index contributed by atoms with van der Waals surface area (Å²) >= 11 is 0. The van der Waals surface area contributed by atoms with Crippen LogP contribution in [0.1, 0.15) is 23.6 Å². The highest BCUT2D eigenvalue weighted by molar-refractivity contribution is 7.85. The van der Waals surface area contributed by atoms with Gasteiger partial charge in [0.25, 0.3) is 0 Å². The average Bonchev–Trinajstić information content (AvgIpc) is 2.67. The smallest absolute Gasteiger partial charge is 0.123 e. The molecule has 0 saturated carbocycles. The van der Waals surface area contributed by atoms with Crippen molar-refractivity contribution in [3.63, 3.8) is 0 Å². The first kappa shape index (κ1) is 18.1. The minimum atomic E-state index is -1.26. The van der Waals surface area contributed by atoms with Crippen molar-refractivity contribution < 1.29 is 8.60 Å². The third-order valence-corrected chi connectivity index (χ3v) is 5.51. The van der Waals surface area contributed by atoms with E-state index in [1.807, 2.05) is 62.4 Å². The maximum Gasteiger partial charge on any atom is 0.123 e. The summed E-state index contributed by atoms with van der Waals surface area (Å²) in [6.45, 7) is 3.94. The predicted molar refractivity (Wildman–Crippen MR) is 106 cm³/mol. The van der Waals surface area contributed by atoms with Crippen molar-refractivity contribution in [3.8, 4) is 0 Å². The van der Waals surface area contributed by atoms with Crippen molar-refractivity contribution in [3.05, 3.63) is 101 Å². The Hall–Kier alpha value is -2.74. The molecular formula is C23H19FOS. The highest BCUT2D eigenvalue weighted by Gasteiger charge is 2.12. The minimum absolute atomic E-state index is 0.262. The van der Waals surface area contributed by atoms with Crippen LogP contribution in [0.3, 0.4) is 0 Å². The zero-order valence-electron chi connectivity index (χ0n) is 14.7. The molecule has 3 aromatic rings. The highest BCUT2D eigenvalue weighted by atomic mass is 32.2. The van der Waals surface area contributed by atoms with Gasteiger partial charge in [-0.25, -0.2) is 8.60 Å². The van der Waals surface area contributed by atoms with Crippen molar-refractivity contribution in [2.24, 2.45) is 0 Å². The lowest BCUT2D eigenvalue weighted by molar-refractivity contribution is 0.628. The summed E-state index contributed by atoms with van der Waals surface area (Å²) in [6.07, 6.45) is 1.81. The molecule has 3 aromatic carbocycles. The van der Waals surface area contributed by atoms with Crippen LogP contribution < -0.4 is 0 Å². The van der Waals surface area contributed by atoms with Crippen LogP contribution in [0.4, 0.5) is 4.39 Å². The van der Waals surface area contributed by atoms with Crippen molar-refractivity contribution in [2.45, 2.75) is 23.6 Å². The van der Waals surface area contributed by atoms with Gasteiger partial charge in [0.2, 0.25) is 0 Å².